The van der Waals surface area contributed by atoms with Crippen molar-refractivity contribution in [3.63, 3.8) is 0 Å². The van der Waals surface area contributed by atoms with Gasteiger partial charge in [0, 0.05) is 39.0 Å². The van der Waals surface area contributed by atoms with Crippen molar-refractivity contribution in [1.29, 1.82) is 0 Å². The first kappa shape index (κ1) is 21.6. The molecule has 6 heteroatoms. The molecular formula is C26H27N3O3. The molecule has 0 aliphatic carbocycles. The highest BCUT2D eigenvalue weighted by Crippen LogP contribution is 2.23. The molecule has 4 rings (SSSR count). The number of ether oxygens (including phenoxy) is 1. The van der Waals surface area contributed by atoms with Crippen LogP contribution in [-0.2, 0) is 22.4 Å². The molecule has 2 aromatic carbocycles. The van der Waals surface area contributed by atoms with Crippen LogP contribution in [0.5, 0.6) is 5.75 Å². The average Bonchev–Trinajstić information content (AvgIpc) is 2.83. The van der Waals surface area contributed by atoms with E-state index in [1.807, 2.05) is 60.8 Å². The highest BCUT2D eigenvalue weighted by molar-refractivity contribution is 5.90. The van der Waals surface area contributed by atoms with Crippen LogP contribution in [0.15, 0.2) is 73.1 Å². The van der Waals surface area contributed by atoms with Gasteiger partial charge in [-0.3, -0.25) is 14.6 Å². The second-order valence-electron chi connectivity index (χ2n) is 8.04. The molecular weight excluding hydrogens is 402 g/mol. The summed E-state index contributed by atoms with van der Waals surface area (Å²) >= 11 is 0. The Morgan fingerprint density at radius 2 is 1.81 bits per heavy atom. The van der Waals surface area contributed by atoms with Gasteiger partial charge in [0.25, 0.3) is 0 Å². The summed E-state index contributed by atoms with van der Waals surface area (Å²) in [6, 6.07) is 19.0. The summed E-state index contributed by atoms with van der Waals surface area (Å²) < 4.78 is 5.27. The molecule has 0 saturated carbocycles. The van der Waals surface area contributed by atoms with Crippen molar-refractivity contribution >= 4 is 11.8 Å². The zero-order valence-corrected chi connectivity index (χ0v) is 18.4. The monoisotopic (exact) mass is 429 g/mol. The quantitative estimate of drug-likeness (QED) is 0.604. The molecule has 1 atom stereocenters. The van der Waals surface area contributed by atoms with E-state index in [2.05, 4.69) is 11.1 Å². The van der Waals surface area contributed by atoms with Crippen LogP contribution in [0.1, 0.15) is 11.1 Å². The fourth-order valence-corrected chi connectivity index (χ4v) is 4.10. The van der Waals surface area contributed by atoms with Crippen LogP contribution in [0.4, 0.5) is 0 Å². The molecule has 32 heavy (non-hydrogen) atoms. The van der Waals surface area contributed by atoms with Crippen molar-refractivity contribution < 1.29 is 14.3 Å². The maximum Gasteiger partial charge on any atom is 0.245 e. The summed E-state index contributed by atoms with van der Waals surface area (Å²) in [7, 11) is 3.40. The van der Waals surface area contributed by atoms with Gasteiger partial charge in [0.05, 0.1) is 13.5 Å². The number of rotatable bonds is 6. The molecule has 1 aliphatic rings. The summed E-state index contributed by atoms with van der Waals surface area (Å²) in [6.45, 7) is 1.06. The Labute approximate surface area is 188 Å². The molecule has 1 aromatic heterocycles. The molecule has 0 spiro atoms. The van der Waals surface area contributed by atoms with Gasteiger partial charge >= 0.3 is 0 Å². The maximum absolute atomic E-state index is 13.2. The first-order valence-corrected chi connectivity index (χ1v) is 10.7. The van der Waals surface area contributed by atoms with E-state index in [0.29, 0.717) is 25.3 Å². The van der Waals surface area contributed by atoms with Gasteiger partial charge in [-0.25, -0.2) is 0 Å². The normalized spacial score (nSPS) is 16.2. The van der Waals surface area contributed by atoms with Crippen molar-refractivity contribution in [1.82, 2.24) is 14.8 Å². The van der Waals surface area contributed by atoms with Crippen molar-refractivity contribution in [2.45, 2.75) is 18.9 Å². The van der Waals surface area contributed by atoms with Crippen LogP contribution in [0.2, 0.25) is 0 Å². The number of aromatic nitrogens is 1. The molecule has 164 valence electrons. The Hall–Kier alpha value is -3.67. The van der Waals surface area contributed by atoms with E-state index in [-0.39, 0.29) is 18.2 Å². The molecule has 0 N–H and O–H groups in total. The Balaban J connectivity index is 1.55. The first-order valence-electron chi connectivity index (χ1n) is 10.7. The third kappa shape index (κ3) is 4.80. The number of hydrogen-bond acceptors (Lipinski definition) is 4. The second kappa shape index (κ2) is 9.64. The van der Waals surface area contributed by atoms with Crippen molar-refractivity contribution in [2.24, 2.45) is 0 Å². The van der Waals surface area contributed by atoms with E-state index in [9.17, 15) is 9.59 Å². The van der Waals surface area contributed by atoms with E-state index < -0.39 is 6.04 Å². The number of piperazine rings is 1. The number of methoxy groups -OCH3 is 1. The topological polar surface area (TPSA) is 62.7 Å². The second-order valence-corrected chi connectivity index (χ2v) is 8.04. The summed E-state index contributed by atoms with van der Waals surface area (Å²) in [4.78, 5) is 33.9. The third-order valence-electron chi connectivity index (χ3n) is 5.87. The van der Waals surface area contributed by atoms with Crippen LogP contribution in [0.25, 0.3) is 11.1 Å². The highest BCUT2D eigenvalue weighted by atomic mass is 16.5. The van der Waals surface area contributed by atoms with Gasteiger partial charge in [-0.1, -0.05) is 42.5 Å². The molecule has 1 fully saturated rings. The molecule has 1 aliphatic heterocycles. The van der Waals surface area contributed by atoms with Crippen molar-refractivity contribution in [3.05, 3.63) is 84.2 Å². The molecule has 0 unspecified atom stereocenters. The van der Waals surface area contributed by atoms with E-state index in [4.69, 9.17) is 4.74 Å². The summed E-state index contributed by atoms with van der Waals surface area (Å²) in [5, 5.41) is 0. The number of carbonyl (C=O) groups is 2. The maximum atomic E-state index is 13.2. The van der Waals surface area contributed by atoms with Crippen LogP contribution >= 0.6 is 0 Å². The number of carbonyl (C=O) groups excluding carboxylic acids is 2. The van der Waals surface area contributed by atoms with Crippen molar-refractivity contribution in [3.8, 4) is 16.9 Å². The number of pyridine rings is 1. The number of likely N-dealkylation sites (N-methyl/N-ethyl adjacent to an activating group) is 1. The summed E-state index contributed by atoms with van der Waals surface area (Å²) in [5.41, 5.74) is 3.95. The van der Waals surface area contributed by atoms with Crippen LogP contribution in [0.3, 0.4) is 0 Å². The molecule has 1 saturated heterocycles. The first-order chi connectivity index (χ1) is 15.5. The Kier molecular flexibility index (Phi) is 6.50. The summed E-state index contributed by atoms with van der Waals surface area (Å²) in [6.07, 6.45) is 4.28. The lowest BCUT2D eigenvalue weighted by molar-refractivity contribution is -0.149. The van der Waals surface area contributed by atoms with Gasteiger partial charge in [0.1, 0.15) is 11.8 Å². The minimum Gasteiger partial charge on any atom is -0.497 e. The standard InChI is InChI=1S/C26H27N3O3/c1-28-12-13-29(25(30)17-20-7-4-10-23(15-20)32-2)24(26(28)31)16-19-6-3-8-21(14-19)22-9-5-11-27-18-22/h3-11,14-15,18,24H,12-13,16-17H2,1-2H3/t24-/m1/s1. The molecule has 0 bridgehead atoms. The Morgan fingerprint density at radius 3 is 2.59 bits per heavy atom. The highest BCUT2D eigenvalue weighted by Gasteiger charge is 2.35. The molecule has 6 nitrogen and oxygen atoms in total. The minimum atomic E-state index is -0.518. The number of benzene rings is 2. The predicted molar refractivity (Wildman–Crippen MR) is 123 cm³/mol. The van der Waals surface area contributed by atoms with Gasteiger partial charge in [-0.05, 0) is 40.5 Å². The van der Waals surface area contributed by atoms with Gasteiger partial charge < -0.3 is 14.5 Å². The van der Waals surface area contributed by atoms with Gasteiger partial charge in [-0.2, -0.15) is 0 Å². The number of amides is 2. The van der Waals surface area contributed by atoms with E-state index >= 15 is 0 Å². The SMILES string of the molecule is COc1cccc(CC(=O)N2CCN(C)C(=O)[C@H]2Cc2cccc(-c3cccnc3)c2)c1. The van der Waals surface area contributed by atoms with Crippen molar-refractivity contribution in [2.75, 3.05) is 27.2 Å². The lowest BCUT2D eigenvalue weighted by atomic mass is 9.97. The fraction of sp³-hybridized carbons (Fsp3) is 0.269. The average molecular weight is 430 g/mol. The molecule has 2 heterocycles. The molecule has 3 aromatic rings. The van der Waals surface area contributed by atoms with E-state index in [1.165, 1.54) is 0 Å². The van der Waals surface area contributed by atoms with Crippen LogP contribution in [-0.4, -0.2) is 59.9 Å². The van der Waals surface area contributed by atoms with Crippen LogP contribution < -0.4 is 4.74 Å². The Bertz CT molecular complexity index is 1100. The third-order valence-corrected chi connectivity index (χ3v) is 5.87. The van der Waals surface area contributed by atoms with E-state index in [1.54, 1.807) is 30.2 Å². The molecule has 2 amide bonds. The fourth-order valence-electron chi connectivity index (χ4n) is 4.10. The zero-order chi connectivity index (χ0) is 22.5. The summed E-state index contributed by atoms with van der Waals surface area (Å²) in [5.74, 6) is 0.642. The predicted octanol–water partition coefficient (Wildman–Crippen LogP) is 3.21. The van der Waals surface area contributed by atoms with E-state index in [0.717, 1.165) is 22.3 Å². The van der Waals surface area contributed by atoms with Gasteiger partial charge in [0.15, 0.2) is 0 Å². The van der Waals surface area contributed by atoms with Gasteiger partial charge in [-0.15, -0.1) is 0 Å². The lowest BCUT2D eigenvalue weighted by Gasteiger charge is -2.39. The zero-order valence-electron chi connectivity index (χ0n) is 18.4. The number of hydrogen-bond donors (Lipinski definition) is 0. The van der Waals surface area contributed by atoms with Crippen LogP contribution in [0, 0.1) is 0 Å². The molecule has 0 radical (unpaired) electrons. The smallest absolute Gasteiger partial charge is 0.245 e. The lowest BCUT2D eigenvalue weighted by Crippen LogP contribution is -2.58. The number of nitrogens with zero attached hydrogens (tertiary/aromatic N) is 3. The van der Waals surface area contributed by atoms with Gasteiger partial charge in [0.2, 0.25) is 11.8 Å². The largest absolute Gasteiger partial charge is 0.497 e. The Morgan fingerprint density at radius 1 is 1.03 bits per heavy atom. The minimum absolute atomic E-state index is 0.0259.